The predicted octanol–water partition coefficient (Wildman–Crippen LogP) is 3.76. The molecule has 2 rings (SSSR count). The summed E-state index contributed by atoms with van der Waals surface area (Å²) in [6.45, 7) is 4.20. The van der Waals surface area contributed by atoms with Gasteiger partial charge >= 0.3 is 0 Å². The van der Waals surface area contributed by atoms with Gasteiger partial charge in [0.15, 0.2) is 0 Å². The standard InChI is InChI=1S/C13H16Br2N4O/c1-4-10(16-3)7(2)13-18-12(19-20-13)11-9(15)5-8(14)6-17-11/h5-7,10,16H,4H2,1-3H3. The minimum absolute atomic E-state index is 0.153. The number of aromatic nitrogens is 3. The molecule has 0 aliphatic heterocycles. The van der Waals surface area contributed by atoms with Gasteiger partial charge in [-0.05, 0) is 51.4 Å². The summed E-state index contributed by atoms with van der Waals surface area (Å²) in [6, 6.07) is 2.22. The summed E-state index contributed by atoms with van der Waals surface area (Å²) in [4.78, 5) is 8.77. The summed E-state index contributed by atoms with van der Waals surface area (Å²) in [5.41, 5.74) is 0.674. The lowest BCUT2D eigenvalue weighted by Crippen LogP contribution is -2.30. The number of pyridine rings is 1. The van der Waals surface area contributed by atoms with Crippen LogP contribution in [0.25, 0.3) is 11.5 Å². The molecule has 0 saturated carbocycles. The molecule has 0 bridgehead atoms. The second-order valence-electron chi connectivity index (χ2n) is 4.53. The average Bonchev–Trinajstić information content (AvgIpc) is 2.89. The predicted molar refractivity (Wildman–Crippen MR) is 84.5 cm³/mol. The van der Waals surface area contributed by atoms with Gasteiger partial charge in [0.2, 0.25) is 11.7 Å². The molecule has 0 amide bonds. The van der Waals surface area contributed by atoms with E-state index in [0.717, 1.165) is 15.4 Å². The number of rotatable bonds is 5. The highest BCUT2D eigenvalue weighted by Crippen LogP contribution is 2.28. The molecule has 1 N–H and O–H groups in total. The van der Waals surface area contributed by atoms with E-state index in [-0.39, 0.29) is 5.92 Å². The lowest BCUT2D eigenvalue weighted by molar-refractivity contribution is 0.326. The third-order valence-electron chi connectivity index (χ3n) is 3.27. The van der Waals surface area contributed by atoms with E-state index in [9.17, 15) is 0 Å². The molecule has 2 heterocycles. The van der Waals surface area contributed by atoms with E-state index in [0.29, 0.717) is 23.5 Å². The van der Waals surface area contributed by atoms with Gasteiger partial charge in [-0.3, -0.25) is 4.98 Å². The summed E-state index contributed by atoms with van der Waals surface area (Å²) in [5, 5.41) is 7.29. The molecule has 0 aliphatic carbocycles. The quantitative estimate of drug-likeness (QED) is 0.823. The van der Waals surface area contributed by atoms with Crippen LogP contribution in [0.15, 0.2) is 25.7 Å². The van der Waals surface area contributed by atoms with Crippen LogP contribution in [0, 0.1) is 0 Å². The summed E-state index contributed by atoms with van der Waals surface area (Å²) in [7, 11) is 1.94. The Morgan fingerprint density at radius 2 is 2.15 bits per heavy atom. The van der Waals surface area contributed by atoms with Crippen molar-refractivity contribution in [1.82, 2.24) is 20.4 Å². The van der Waals surface area contributed by atoms with Crippen LogP contribution in [0.5, 0.6) is 0 Å². The van der Waals surface area contributed by atoms with Crippen LogP contribution in [0.3, 0.4) is 0 Å². The van der Waals surface area contributed by atoms with Crippen molar-refractivity contribution in [3.05, 3.63) is 27.1 Å². The van der Waals surface area contributed by atoms with Crippen molar-refractivity contribution in [1.29, 1.82) is 0 Å². The van der Waals surface area contributed by atoms with Crippen LogP contribution in [0.4, 0.5) is 0 Å². The Balaban J connectivity index is 2.28. The highest BCUT2D eigenvalue weighted by molar-refractivity contribution is 9.11. The average molecular weight is 404 g/mol. The van der Waals surface area contributed by atoms with E-state index in [1.54, 1.807) is 6.20 Å². The smallest absolute Gasteiger partial charge is 0.231 e. The molecule has 2 aromatic heterocycles. The highest BCUT2D eigenvalue weighted by Gasteiger charge is 2.23. The van der Waals surface area contributed by atoms with Gasteiger partial charge in [-0.25, -0.2) is 0 Å². The molecule has 5 nitrogen and oxygen atoms in total. The van der Waals surface area contributed by atoms with Crippen LogP contribution >= 0.6 is 31.9 Å². The largest absolute Gasteiger partial charge is 0.339 e. The maximum atomic E-state index is 5.38. The Morgan fingerprint density at radius 3 is 2.75 bits per heavy atom. The molecule has 108 valence electrons. The Morgan fingerprint density at radius 1 is 1.40 bits per heavy atom. The summed E-state index contributed by atoms with van der Waals surface area (Å²) < 4.78 is 7.10. The lowest BCUT2D eigenvalue weighted by atomic mass is 10.00. The molecule has 0 spiro atoms. The van der Waals surface area contributed by atoms with Gasteiger partial charge in [0, 0.05) is 21.2 Å². The minimum Gasteiger partial charge on any atom is -0.339 e. The molecule has 0 saturated heterocycles. The second kappa shape index (κ2) is 6.78. The number of likely N-dealkylation sites (N-methyl/N-ethyl adjacent to an activating group) is 1. The van der Waals surface area contributed by atoms with Crippen LogP contribution in [0.1, 0.15) is 32.1 Å². The van der Waals surface area contributed by atoms with Gasteiger partial charge in [-0.2, -0.15) is 4.98 Å². The fraction of sp³-hybridized carbons (Fsp3) is 0.462. The topological polar surface area (TPSA) is 63.8 Å². The van der Waals surface area contributed by atoms with E-state index in [1.807, 2.05) is 13.1 Å². The summed E-state index contributed by atoms with van der Waals surface area (Å²) in [6.07, 6.45) is 2.71. The normalized spacial score (nSPS) is 14.2. The molecule has 7 heteroatoms. The number of hydrogen-bond acceptors (Lipinski definition) is 5. The first-order valence-electron chi connectivity index (χ1n) is 6.39. The first-order chi connectivity index (χ1) is 9.56. The molecular weight excluding hydrogens is 388 g/mol. The molecule has 2 unspecified atom stereocenters. The number of nitrogens with one attached hydrogen (secondary N) is 1. The van der Waals surface area contributed by atoms with Gasteiger partial charge in [0.25, 0.3) is 0 Å². The maximum absolute atomic E-state index is 5.38. The number of nitrogens with zero attached hydrogens (tertiary/aromatic N) is 3. The maximum Gasteiger partial charge on any atom is 0.231 e. The minimum atomic E-state index is 0.153. The first-order valence-corrected chi connectivity index (χ1v) is 7.97. The van der Waals surface area contributed by atoms with Crippen molar-refractivity contribution < 1.29 is 4.52 Å². The first kappa shape index (κ1) is 15.6. The molecule has 0 aromatic carbocycles. The Hall–Kier alpha value is -0.790. The molecule has 0 fully saturated rings. The van der Waals surface area contributed by atoms with Crippen molar-refractivity contribution in [3.8, 4) is 11.5 Å². The summed E-state index contributed by atoms with van der Waals surface area (Å²) in [5.74, 6) is 1.27. The lowest BCUT2D eigenvalue weighted by Gasteiger charge is -2.18. The fourth-order valence-corrected chi connectivity index (χ4v) is 3.24. The van der Waals surface area contributed by atoms with E-state index < -0.39 is 0 Å². The van der Waals surface area contributed by atoms with E-state index >= 15 is 0 Å². The fourth-order valence-electron chi connectivity index (χ4n) is 2.08. The molecule has 0 aliphatic rings. The van der Waals surface area contributed by atoms with Crippen molar-refractivity contribution in [2.45, 2.75) is 32.2 Å². The van der Waals surface area contributed by atoms with Crippen molar-refractivity contribution in [2.24, 2.45) is 0 Å². The molecule has 0 radical (unpaired) electrons. The van der Waals surface area contributed by atoms with Crippen molar-refractivity contribution >= 4 is 31.9 Å². The van der Waals surface area contributed by atoms with Crippen LogP contribution in [-0.2, 0) is 0 Å². The zero-order valence-electron chi connectivity index (χ0n) is 11.5. The van der Waals surface area contributed by atoms with Gasteiger partial charge < -0.3 is 9.84 Å². The Kier molecular flexibility index (Phi) is 5.29. The molecule has 2 aromatic rings. The van der Waals surface area contributed by atoms with Gasteiger partial charge in [-0.15, -0.1) is 0 Å². The Labute approximate surface area is 134 Å². The molecule has 2 atom stereocenters. The van der Waals surface area contributed by atoms with E-state index in [1.165, 1.54) is 0 Å². The van der Waals surface area contributed by atoms with Crippen LogP contribution in [0.2, 0.25) is 0 Å². The third kappa shape index (κ3) is 3.27. The van der Waals surface area contributed by atoms with Crippen molar-refractivity contribution in [3.63, 3.8) is 0 Å². The van der Waals surface area contributed by atoms with E-state index in [4.69, 9.17) is 4.52 Å². The molecular formula is C13H16Br2N4O. The van der Waals surface area contributed by atoms with Crippen molar-refractivity contribution in [2.75, 3.05) is 7.05 Å². The monoisotopic (exact) mass is 402 g/mol. The van der Waals surface area contributed by atoms with Crippen LogP contribution < -0.4 is 5.32 Å². The summed E-state index contributed by atoms with van der Waals surface area (Å²) >= 11 is 6.83. The highest BCUT2D eigenvalue weighted by atomic mass is 79.9. The zero-order chi connectivity index (χ0) is 14.7. The number of hydrogen-bond donors (Lipinski definition) is 1. The van der Waals surface area contributed by atoms with Crippen LogP contribution in [-0.4, -0.2) is 28.2 Å². The number of halogens is 2. The van der Waals surface area contributed by atoms with Gasteiger partial charge in [0.1, 0.15) is 5.69 Å². The Bertz CT molecular complexity index is 584. The zero-order valence-corrected chi connectivity index (χ0v) is 14.7. The third-order valence-corrected chi connectivity index (χ3v) is 4.30. The van der Waals surface area contributed by atoms with E-state index in [2.05, 4.69) is 66.1 Å². The SMILES string of the molecule is CCC(NC)C(C)c1nc(-c2ncc(Br)cc2Br)no1. The van der Waals surface area contributed by atoms with Gasteiger partial charge in [-0.1, -0.05) is 19.0 Å². The van der Waals surface area contributed by atoms with Gasteiger partial charge in [0.05, 0.1) is 5.92 Å². The molecule has 20 heavy (non-hydrogen) atoms. The second-order valence-corrected chi connectivity index (χ2v) is 6.30.